The second-order valence-electron chi connectivity index (χ2n) is 16.2. The lowest BCUT2D eigenvalue weighted by Gasteiger charge is -2.32. The van der Waals surface area contributed by atoms with Crippen LogP contribution >= 0.6 is 6.72 Å². The molecule has 6 rings (SSSR count). The topological polar surface area (TPSA) is 302 Å². The average Bonchev–Trinajstić information content (AvgIpc) is 3.43. The maximum Gasteiger partial charge on any atom is 0.321 e. The highest BCUT2D eigenvalue weighted by Crippen LogP contribution is 2.37. The molecule has 0 spiro atoms. The predicted octanol–water partition coefficient (Wildman–Crippen LogP) is 6.40. The number of carbonyl (C=O) groups excluding carboxylic acids is 3. The fraction of sp³-hybridized carbons (Fsp3) is 0.407. The highest BCUT2D eigenvalue weighted by molar-refractivity contribution is 8.06. The number of anilines is 1. The van der Waals surface area contributed by atoms with Crippen molar-refractivity contribution in [2.24, 2.45) is 11.6 Å². The molecule has 418 valence electrons. The number of carbonyl (C=O) groups is 3. The number of aliphatic hydroxyl groups excluding tert-OH is 1. The summed E-state index contributed by atoms with van der Waals surface area (Å²) >= 11 is 4.27. The third-order valence-corrected chi connectivity index (χ3v) is 11.7. The zero-order valence-corrected chi connectivity index (χ0v) is 45.9. The quantitative estimate of drug-likeness (QED) is 0.00722. The van der Waals surface area contributed by atoms with Crippen molar-refractivity contribution in [3.8, 4) is 22.8 Å². The van der Waals surface area contributed by atoms with Gasteiger partial charge in [-0.2, -0.15) is 0 Å². The van der Waals surface area contributed by atoms with Gasteiger partial charge in [-0.15, -0.1) is 0 Å². The van der Waals surface area contributed by atoms with E-state index in [4.69, 9.17) is 45.1 Å². The maximum atomic E-state index is 12.6. The van der Waals surface area contributed by atoms with Crippen LogP contribution in [0.2, 0.25) is 0 Å². The number of hydrogen-bond acceptors (Lipinski definition) is 17. The first-order valence-electron chi connectivity index (χ1n) is 25.0. The van der Waals surface area contributed by atoms with Crippen molar-refractivity contribution in [2.75, 3.05) is 84.9 Å². The van der Waals surface area contributed by atoms with Gasteiger partial charge in [0.05, 0.1) is 69.6 Å². The van der Waals surface area contributed by atoms with Gasteiger partial charge in [0.1, 0.15) is 12.0 Å². The van der Waals surface area contributed by atoms with Crippen LogP contribution in [0, 0.1) is 0 Å². The number of fused-ring (bicyclic) bond motifs is 3. The number of amides is 2. The van der Waals surface area contributed by atoms with Gasteiger partial charge in [-0.05, 0) is 67.0 Å². The molecule has 1 aliphatic rings. The number of phenolic OH excluding ortho intramolecular Hbond substituents is 2. The number of aliphatic hydroxyl groups is 1. The van der Waals surface area contributed by atoms with E-state index in [-0.39, 0.29) is 34.7 Å². The molecule has 0 unspecified atom stereocenters. The molecule has 0 aliphatic carbocycles. The molecule has 4 aromatic carbocycles. The molecule has 5 aromatic rings. The van der Waals surface area contributed by atoms with E-state index in [1.165, 1.54) is 18.2 Å². The van der Waals surface area contributed by atoms with Crippen LogP contribution in [0.4, 0.5) is 5.69 Å². The van der Waals surface area contributed by atoms with Gasteiger partial charge in [0.15, 0.2) is 16.8 Å². The molecular formula is C54H77N6O14PS. The Kier molecular flexibility index (Phi) is 32.5. The van der Waals surface area contributed by atoms with Crippen molar-refractivity contribution in [3.05, 3.63) is 123 Å². The van der Waals surface area contributed by atoms with E-state index in [0.717, 1.165) is 80.1 Å². The number of nitrogens with zero attached hydrogens (tertiary/aromatic N) is 2. The number of ether oxygens (including phenoxy) is 3. The fourth-order valence-electron chi connectivity index (χ4n) is 7.17. The Morgan fingerprint density at radius 2 is 1.45 bits per heavy atom. The summed E-state index contributed by atoms with van der Waals surface area (Å²) in [6.07, 6.45) is 6.87. The highest BCUT2D eigenvalue weighted by Gasteiger charge is 2.23. The summed E-state index contributed by atoms with van der Waals surface area (Å²) in [6.45, 7) is 7.14. The lowest BCUT2D eigenvalue weighted by Crippen LogP contribution is -2.36. The number of phenols is 2. The molecule has 20 nitrogen and oxygen atoms in total. The van der Waals surface area contributed by atoms with Gasteiger partial charge in [0, 0.05) is 74.2 Å². The van der Waals surface area contributed by atoms with E-state index >= 15 is 0 Å². The third-order valence-electron chi connectivity index (χ3n) is 10.8. The molecule has 0 fully saturated rings. The average molecular weight is 1100 g/mol. The Labute approximate surface area is 450 Å². The molecule has 0 saturated carbocycles. The lowest BCUT2D eigenvalue weighted by atomic mass is 9.96. The van der Waals surface area contributed by atoms with Gasteiger partial charge in [-0.3, -0.25) is 14.4 Å². The third kappa shape index (κ3) is 22.9. The Hall–Kier alpha value is -6.23. The van der Waals surface area contributed by atoms with E-state index in [1.54, 1.807) is 29.3 Å². The van der Waals surface area contributed by atoms with Gasteiger partial charge in [0.25, 0.3) is 5.91 Å². The summed E-state index contributed by atoms with van der Waals surface area (Å²) in [5.74, 6) is 5.59. The molecule has 0 saturated heterocycles. The minimum atomic E-state index is -3.46. The van der Waals surface area contributed by atoms with Crippen molar-refractivity contribution in [2.45, 2.75) is 65.8 Å². The molecule has 0 bridgehead atoms. The van der Waals surface area contributed by atoms with Gasteiger partial charge < -0.3 is 79.3 Å². The smallest absolute Gasteiger partial charge is 0.321 e. The minimum absolute atomic E-state index is 0.111. The summed E-state index contributed by atoms with van der Waals surface area (Å²) in [5.41, 5.74) is 12.7. The first-order valence-corrected chi connectivity index (χ1v) is 27.6. The zero-order chi connectivity index (χ0) is 56.3. The monoisotopic (exact) mass is 1100 g/mol. The number of hydrazine groups is 1. The van der Waals surface area contributed by atoms with E-state index in [2.05, 4.69) is 51.0 Å². The van der Waals surface area contributed by atoms with Crippen molar-refractivity contribution >= 4 is 65.2 Å². The molecule has 2 heterocycles. The maximum absolute atomic E-state index is 12.6. The number of para-hydroxylation sites is 1. The number of benzene rings is 4. The normalized spacial score (nSPS) is 12.5. The standard InChI is InChI=1S/C40H43N5O8.C7H16NO4PS.C4H8O.C2H6.CH4O/c1-44-25-28-6-2-3-7-29(28)37(36(41)30-8-4-5-9-32(30)44)45(42)17-19-51-21-23-52-22-20-50-18-16-43-40(49)27-12-10-26(11-13-27)35-24-34(47)31-14-15-33(46)38(48)39(31)53-35;9-7-8-5-3-1-2-4-6-12-13(10,11)14;1-2-3-4-5;2*1-2/h2-15,24,46,48H,16-23,25,41-42H2,1H3,(H,43,49);7H,1-6H2,(H,8,9)(H2,10,11,14);4H,2-3H2,1H3;1-2H3;2H,1H3/b37-36-;;;;. The van der Waals surface area contributed by atoms with Crippen LogP contribution in [-0.2, 0) is 46.7 Å². The molecule has 22 heteroatoms. The summed E-state index contributed by atoms with van der Waals surface area (Å²) in [7, 11) is 3.06. The largest absolute Gasteiger partial charge is 0.504 e. The molecule has 11 N–H and O–H groups in total. The van der Waals surface area contributed by atoms with Crippen LogP contribution in [0.3, 0.4) is 0 Å². The number of rotatable bonds is 26. The van der Waals surface area contributed by atoms with Crippen LogP contribution in [0.25, 0.3) is 33.7 Å². The molecule has 2 amide bonds. The van der Waals surface area contributed by atoms with Crippen molar-refractivity contribution in [1.29, 1.82) is 0 Å². The van der Waals surface area contributed by atoms with Gasteiger partial charge >= 0.3 is 6.72 Å². The van der Waals surface area contributed by atoms with E-state index in [9.17, 15) is 29.4 Å². The first-order chi connectivity index (χ1) is 36.7. The summed E-state index contributed by atoms with van der Waals surface area (Å²) in [4.78, 5) is 63.9. The van der Waals surface area contributed by atoms with Crippen molar-refractivity contribution in [3.63, 3.8) is 0 Å². The Morgan fingerprint density at radius 1 is 0.829 bits per heavy atom. The number of nitrogens with two attached hydrogens (primary N) is 2. The van der Waals surface area contributed by atoms with Gasteiger partial charge in [0.2, 0.25) is 12.2 Å². The number of hydrogen-bond donors (Lipinski definition) is 9. The number of aromatic hydroxyl groups is 2. The van der Waals surface area contributed by atoms with E-state index in [1.807, 2.05) is 57.2 Å². The van der Waals surface area contributed by atoms with Gasteiger partial charge in [-0.1, -0.05) is 88.2 Å². The summed E-state index contributed by atoms with van der Waals surface area (Å²) in [6, 6.07) is 26.6. The second kappa shape index (κ2) is 37.5. The number of unbranched alkanes of at least 4 members (excludes halogenated alkanes) is 4. The number of aldehydes is 1. The van der Waals surface area contributed by atoms with Crippen molar-refractivity contribution in [1.82, 2.24) is 15.6 Å². The van der Waals surface area contributed by atoms with Crippen LogP contribution in [0.5, 0.6) is 11.5 Å². The van der Waals surface area contributed by atoms with Crippen molar-refractivity contribution < 1.29 is 62.6 Å². The van der Waals surface area contributed by atoms with Crippen LogP contribution < -0.4 is 32.5 Å². The Morgan fingerprint density at radius 3 is 2.08 bits per heavy atom. The van der Waals surface area contributed by atoms with E-state index < -0.39 is 18.2 Å². The Balaban J connectivity index is 0.000000722. The molecule has 0 atom stereocenters. The summed E-state index contributed by atoms with van der Waals surface area (Å²) < 4.78 is 27.3. The minimum Gasteiger partial charge on any atom is -0.504 e. The van der Waals surface area contributed by atoms with Gasteiger partial charge in [-0.25, -0.2) is 5.84 Å². The molecule has 0 radical (unpaired) electrons. The predicted molar refractivity (Wildman–Crippen MR) is 301 cm³/mol. The fourth-order valence-corrected chi connectivity index (χ4v) is 7.76. The van der Waals surface area contributed by atoms with Crippen LogP contribution in [-0.4, -0.2) is 129 Å². The highest BCUT2D eigenvalue weighted by atomic mass is 32.5. The van der Waals surface area contributed by atoms with Crippen LogP contribution in [0.15, 0.2) is 100 Å². The number of nitrogens with one attached hydrogen (secondary N) is 2. The lowest BCUT2D eigenvalue weighted by molar-refractivity contribution is -0.109. The Bertz CT molecular complexity index is 2630. The molecule has 1 aliphatic heterocycles. The summed E-state index contributed by atoms with van der Waals surface area (Å²) in [5, 5.41) is 34.1. The van der Waals surface area contributed by atoms with Crippen LogP contribution in [0.1, 0.15) is 86.3 Å². The first kappa shape index (κ1) is 65.9. The van der Waals surface area contributed by atoms with E-state index in [0.29, 0.717) is 88.9 Å². The molecule has 76 heavy (non-hydrogen) atoms. The molecular weight excluding hydrogens is 1020 g/mol. The second-order valence-corrected chi connectivity index (χ2v) is 18.9. The molecule has 1 aromatic heterocycles. The zero-order valence-electron chi connectivity index (χ0n) is 44.2. The SMILES string of the molecule is CC.CCCC=O.CN1Cc2ccccc2/C(N(N)CCOCCOCCOCCNC(=O)c2ccc(-c3cc(=O)c4ccc(O)c(O)c4o3)cc2)=C(/N)c2ccccc21.CO.O=CNCCCCCCOP(O)(O)=S.